The molecule has 0 aliphatic rings. The first kappa shape index (κ1) is 26.1. The minimum absolute atomic E-state index is 0.0919. The molecule has 6 rings (SSSR count). The minimum Gasteiger partial charge on any atom is -0.318 e. The van der Waals surface area contributed by atoms with Gasteiger partial charge in [-0.3, -0.25) is 9.36 Å². The number of hydrogen-bond donors (Lipinski definition) is 1. The van der Waals surface area contributed by atoms with Gasteiger partial charge in [-0.1, -0.05) is 87.5 Å². The molecule has 0 aliphatic carbocycles. The molecule has 0 spiro atoms. The molecule has 0 amide bonds. The lowest BCUT2D eigenvalue weighted by Crippen LogP contribution is -2.38. The predicted octanol–water partition coefficient (Wildman–Crippen LogP) is 4.37. The number of tetrazole rings is 1. The third kappa shape index (κ3) is 4.88. The van der Waals surface area contributed by atoms with E-state index >= 15 is 0 Å². The average Bonchev–Trinajstić information content (AvgIpc) is 3.61. The molecule has 10 heteroatoms. The van der Waals surface area contributed by atoms with E-state index in [1.165, 1.54) is 11.6 Å². The molecule has 6 aromatic rings. The van der Waals surface area contributed by atoms with Crippen LogP contribution in [0.5, 0.6) is 0 Å². The Bertz CT molecular complexity index is 1960. The molecule has 3 heterocycles. The Morgan fingerprint density at radius 2 is 1.54 bits per heavy atom. The lowest BCUT2D eigenvalue weighted by Gasteiger charge is -2.19. The Hall–Kier alpha value is -5.12. The number of para-hydroxylation sites is 1. The van der Waals surface area contributed by atoms with Crippen molar-refractivity contribution in [1.29, 1.82) is 0 Å². The molecule has 1 N–H and O–H groups in total. The maximum atomic E-state index is 13.6. The molecule has 0 unspecified atom stereocenters. The number of H-pyrrole nitrogens is 1. The molecule has 10 nitrogen and oxygen atoms in total. The van der Waals surface area contributed by atoms with Crippen LogP contribution in [0.25, 0.3) is 39.4 Å². The van der Waals surface area contributed by atoms with Gasteiger partial charge in [0.15, 0.2) is 17.0 Å². The van der Waals surface area contributed by atoms with Crippen LogP contribution in [0.1, 0.15) is 32.2 Å². The van der Waals surface area contributed by atoms with Crippen LogP contribution in [0.2, 0.25) is 0 Å². The fourth-order valence-electron chi connectivity index (χ4n) is 5.11. The Morgan fingerprint density at radius 1 is 0.854 bits per heavy atom. The highest BCUT2D eigenvalue weighted by Gasteiger charge is 2.24. The van der Waals surface area contributed by atoms with Crippen LogP contribution in [0.4, 0.5) is 0 Å². The van der Waals surface area contributed by atoms with Crippen molar-refractivity contribution in [2.24, 2.45) is 12.5 Å². The zero-order valence-corrected chi connectivity index (χ0v) is 23.4. The van der Waals surface area contributed by atoms with Crippen LogP contribution in [0.3, 0.4) is 0 Å². The van der Waals surface area contributed by atoms with Gasteiger partial charge in [0.05, 0.1) is 5.69 Å². The van der Waals surface area contributed by atoms with Crippen molar-refractivity contribution in [3.63, 3.8) is 0 Å². The summed E-state index contributed by atoms with van der Waals surface area (Å²) in [6.07, 6.45) is 0.629. The summed E-state index contributed by atoms with van der Waals surface area (Å²) < 4.78 is 4.65. The zero-order valence-electron chi connectivity index (χ0n) is 23.4. The van der Waals surface area contributed by atoms with Crippen LogP contribution in [0.15, 0.2) is 88.5 Å². The molecule has 3 aromatic heterocycles. The van der Waals surface area contributed by atoms with Crippen LogP contribution >= 0.6 is 0 Å². The fourth-order valence-corrected chi connectivity index (χ4v) is 5.11. The van der Waals surface area contributed by atoms with Gasteiger partial charge in [0.1, 0.15) is 5.82 Å². The standard InChI is InChI=1S/C31H30N8O2/c1-31(2,3)18-25-32-28-26(29(40)37(4)30(41)39(28)22-10-6-5-7-11-22)38(25)19-20-14-16-21(17-15-20)23-12-8-9-13-24(23)27-33-35-36-34-27/h5-17H,18-19H2,1-4H3,(H,33,34,35,36). The Kier molecular flexibility index (Phi) is 6.45. The topological polar surface area (TPSA) is 116 Å². The quantitative estimate of drug-likeness (QED) is 0.332. The van der Waals surface area contributed by atoms with E-state index in [0.717, 1.165) is 32.6 Å². The van der Waals surface area contributed by atoms with Gasteiger partial charge in [-0.15, -0.1) is 5.10 Å². The number of hydrogen-bond acceptors (Lipinski definition) is 6. The molecule has 0 saturated carbocycles. The van der Waals surface area contributed by atoms with Gasteiger partial charge < -0.3 is 4.57 Å². The van der Waals surface area contributed by atoms with Crippen LogP contribution in [-0.2, 0) is 20.0 Å². The first-order chi connectivity index (χ1) is 19.7. The number of aromatic amines is 1. The average molecular weight is 547 g/mol. The van der Waals surface area contributed by atoms with Crippen molar-refractivity contribution in [2.45, 2.75) is 33.7 Å². The molecule has 41 heavy (non-hydrogen) atoms. The van der Waals surface area contributed by atoms with Gasteiger partial charge in [0.25, 0.3) is 5.56 Å². The molecular formula is C31H30N8O2. The van der Waals surface area contributed by atoms with Crippen molar-refractivity contribution in [2.75, 3.05) is 0 Å². The first-order valence-electron chi connectivity index (χ1n) is 13.4. The lowest BCUT2D eigenvalue weighted by molar-refractivity contribution is 0.394. The van der Waals surface area contributed by atoms with Crippen LogP contribution < -0.4 is 11.2 Å². The lowest BCUT2D eigenvalue weighted by atomic mass is 9.92. The summed E-state index contributed by atoms with van der Waals surface area (Å²) in [5.74, 6) is 1.36. The van der Waals surface area contributed by atoms with E-state index in [9.17, 15) is 9.59 Å². The SMILES string of the molecule is Cn1c(=O)c2c(nc(CC(C)(C)C)n2Cc2ccc(-c3ccccc3-c3nnn[nH]3)cc2)n(-c2ccccc2)c1=O. The largest absolute Gasteiger partial charge is 0.337 e. The van der Waals surface area contributed by atoms with E-state index in [0.29, 0.717) is 35.6 Å². The van der Waals surface area contributed by atoms with E-state index in [4.69, 9.17) is 4.98 Å². The van der Waals surface area contributed by atoms with Crippen molar-refractivity contribution < 1.29 is 0 Å². The number of nitrogens with zero attached hydrogens (tertiary/aromatic N) is 7. The third-order valence-corrected chi connectivity index (χ3v) is 7.06. The van der Waals surface area contributed by atoms with E-state index in [2.05, 4.69) is 65.7 Å². The van der Waals surface area contributed by atoms with E-state index in [1.54, 1.807) is 0 Å². The molecule has 0 radical (unpaired) electrons. The summed E-state index contributed by atoms with van der Waals surface area (Å²) in [6.45, 7) is 6.83. The summed E-state index contributed by atoms with van der Waals surface area (Å²) in [4.78, 5) is 31.8. The summed E-state index contributed by atoms with van der Waals surface area (Å²) in [5.41, 5.74) is 4.47. The molecule has 0 fully saturated rings. The second-order valence-electron chi connectivity index (χ2n) is 11.3. The minimum atomic E-state index is -0.425. The van der Waals surface area contributed by atoms with Crippen LogP contribution in [-0.4, -0.2) is 39.3 Å². The highest BCUT2D eigenvalue weighted by Crippen LogP contribution is 2.30. The summed E-state index contributed by atoms with van der Waals surface area (Å²) in [7, 11) is 1.51. The second-order valence-corrected chi connectivity index (χ2v) is 11.3. The first-order valence-corrected chi connectivity index (χ1v) is 13.4. The summed E-state index contributed by atoms with van der Waals surface area (Å²) in [5, 5.41) is 14.3. The monoisotopic (exact) mass is 546 g/mol. The molecule has 206 valence electrons. The predicted molar refractivity (Wildman–Crippen MR) is 158 cm³/mol. The maximum Gasteiger partial charge on any atom is 0.337 e. The van der Waals surface area contributed by atoms with Crippen molar-refractivity contribution in [3.05, 3.63) is 111 Å². The van der Waals surface area contributed by atoms with E-state index in [-0.39, 0.29) is 11.0 Å². The number of rotatable bonds is 6. The summed E-state index contributed by atoms with van der Waals surface area (Å²) >= 11 is 0. The number of aromatic nitrogens is 8. The molecule has 0 atom stereocenters. The molecule has 0 saturated heterocycles. The van der Waals surface area contributed by atoms with Gasteiger partial charge in [-0.25, -0.2) is 19.4 Å². The smallest absolute Gasteiger partial charge is 0.318 e. The highest BCUT2D eigenvalue weighted by atomic mass is 16.2. The highest BCUT2D eigenvalue weighted by molar-refractivity contribution is 5.80. The normalized spacial score (nSPS) is 11.8. The number of fused-ring (bicyclic) bond motifs is 1. The zero-order chi connectivity index (χ0) is 28.7. The van der Waals surface area contributed by atoms with Gasteiger partial charge in [-0.05, 0) is 44.7 Å². The second kappa shape index (κ2) is 10.1. The number of nitrogens with one attached hydrogen (secondary N) is 1. The fraction of sp³-hybridized carbons (Fsp3) is 0.226. The Balaban J connectivity index is 1.48. The van der Waals surface area contributed by atoms with E-state index < -0.39 is 5.69 Å². The number of imidazole rings is 1. The summed E-state index contributed by atoms with van der Waals surface area (Å²) in [6, 6.07) is 25.5. The van der Waals surface area contributed by atoms with Gasteiger partial charge >= 0.3 is 5.69 Å². The molecular weight excluding hydrogens is 516 g/mol. The number of benzene rings is 3. The van der Waals surface area contributed by atoms with Crippen molar-refractivity contribution in [1.82, 2.24) is 39.3 Å². The van der Waals surface area contributed by atoms with Gasteiger partial charge in [-0.2, -0.15) is 0 Å². The molecule has 0 bridgehead atoms. The molecule has 0 aliphatic heterocycles. The van der Waals surface area contributed by atoms with Crippen LogP contribution in [0, 0.1) is 5.41 Å². The third-order valence-electron chi connectivity index (χ3n) is 7.06. The van der Waals surface area contributed by atoms with Gasteiger partial charge in [0.2, 0.25) is 0 Å². The van der Waals surface area contributed by atoms with Crippen molar-refractivity contribution in [3.8, 4) is 28.2 Å². The van der Waals surface area contributed by atoms with E-state index in [1.807, 2.05) is 59.2 Å². The van der Waals surface area contributed by atoms with Crippen molar-refractivity contribution >= 4 is 11.2 Å². The Morgan fingerprint density at radius 3 is 2.20 bits per heavy atom. The maximum absolute atomic E-state index is 13.6. The van der Waals surface area contributed by atoms with Gasteiger partial charge in [0, 0.05) is 25.6 Å². The molecule has 3 aromatic carbocycles. The Labute approximate surface area is 235 Å².